The Bertz CT molecular complexity index is 680. The monoisotopic (exact) mass is 311 g/mol. The van der Waals surface area contributed by atoms with E-state index in [0.29, 0.717) is 6.54 Å². The Morgan fingerprint density at radius 2 is 1.74 bits per heavy atom. The number of rotatable bonds is 5. The second-order valence-electron chi connectivity index (χ2n) is 6.11. The number of hydrogen-bond acceptors (Lipinski definition) is 2. The summed E-state index contributed by atoms with van der Waals surface area (Å²) in [6, 6.07) is 14.0. The molecule has 4 nitrogen and oxygen atoms in total. The van der Waals surface area contributed by atoms with Crippen LogP contribution in [0.15, 0.2) is 42.5 Å². The normalized spacial score (nSPS) is 10.7. The van der Waals surface area contributed by atoms with Gasteiger partial charge in [0.2, 0.25) is 0 Å². The molecule has 0 fully saturated rings. The van der Waals surface area contributed by atoms with Gasteiger partial charge in [-0.3, -0.25) is 0 Å². The van der Waals surface area contributed by atoms with Crippen LogP contribution >= 0.6 is 0 Å². The van der Waals surface area contributed by atoms with Gasteiger partial charge >= 0.3 is 6.03 Å². The van der Waals surface area contributed by atoms with Gasteiger partial charge in [0, 0.05) is 18.8 Å². The molecule has 0 aromatic heterocycles. The highest BCUT2D eigenvalue weighted by Crippen LogP contribution is 2.17. The van der Waals surface area contributed by atoms with Crippen molar-refractivity contribution in [1.29, 1.82) is 0 Å². The first-order chi connectivity index (χ1) is 11.0. The summed E-state index contributed by atoms with van der Waals surface area (Å²) < 4.78 is 0. The maximum Gasteiger partial charge on any atom is 0.319 e. The Hall–Kier alpha value is -2.33. The van der Waals surface area contributed by atoms with E-state index in [1.807, 2.05) is 58.3 Å². The number of aryl methyl sites for hydroxylation is 1. The number of nitrogens with one attached hydrogen (secondary N) is 2. The molecule has 2 aromatic rings. The van der Waals surface area contributed by atoms with E-state index in [1.165, 1.54) is 11.1 Å². The summed E-state index contributed by atoms with van der Waals surface area (Å²) in [4.78, 5) is 14.2. The zero-order valence-corrected chi connectivity index (χ0v) is 14.3. The summed E-state index contributed by atoms with van der Waals surface area (Å²) in [5.41, 5.74) is 5.45. The first kappa shape index (κ1) is 17.0. The third kappa shape index (κ3) is 5.11. The van der Waals surface area contributed by atoms with Crippen LogP contribution in [0.2, 0.25) is 0 Å². The second-order valence-corrected chi connectivity index (χ2v) is 6.11. The number of carbonyl (C=O) groups is 1. The van der Waals surface area contributed by atoms with Gasteiger partial charge in [-0.15, -0.1) is 0 Å². The molecule has 0 saturated heterocycles. The number of amides is 2. The predicted molar refractivity (Wildman–Crippen MR) is 95.6 cm³/mol. The van der Waals surface area contributed by atoms with Crippen LogP contribution in [0, 0.1) is 13.8 Å². The van der Waals surface area contributed by atoms with Crippen molar-refractivity contribution in [3.63, 3.8) is 0 Å². The van der Waals surface area contributed by atoms with E-state index in [4.69, 9.17) is 0 Å². The predicted octanol–water partition coefficient (Wildman–Crippen LogP) is 3.69. The van der Waals surface area contributed by atoms with Crippen molar-refractivity contribution in [2.24, 2.45) is 0 Å². The molecule has 2 amide bonds. The highest BCUT2D eigenvalue weighted by molar-refractivity contribution is 5.90. The van der Waals surface area contributed by atoms with E-state index in [-0.39, 0.29) is 6.03 Å². The Morgan fingerprint density at radius 1 is 1.04 bits per heavy atom. The SMILES string of the molecule is Cc1cccc(NC(=O)NCc2cccc(CN(C)C)c2)c1C. The zero-order valence-electron chi connectivity index (χ0n) is 14.3. The minimum Gasteiger partial charge on any atom is -0.334 e. The van der Waals surface area contributed by atoms with Crippen molar-refractivity contribution in [2.75, 3.05) is 19.4 Å². The molecule has 0 aliphatic heterocycles. The molecule has 122 valence electrons. The van der Waals surface area contributed by atoms with Crippen molar-refractivity contribution < 1.29 is 4.79 Å². The van der Waals surface area contributed by atoms with Gasteiger partial charge in [-0.2, -0.15) is 0 Å². The number of urea groups is 1. The molecule has 0 aliphatic rings. The average Bonchev–Trinajstić information content (AvgIpc) is 2.50. The standard InChI is InChI=1S/C19H25N3O/c1-14-7-5-10-18(15(14)2)21-19(23)20-12-16-8-6-9-17(11-16)13-22(3)4/h5-11H,12-13H2,1-4H3,(H2,20,21,23). The van der Waals surface area contributed by atoms with Crippen LogP contribution in [0.1, 0.15) is 22.3 Å². The van der Waals surface area contributed by atoms with E-state index in [1.54, 1.807) is 0 Å². The lowest BCUT2D eigenvalue weighted by Crippen LogP contribution is -2.28. The maximum absolute atomic E-state index is 12.1. The molecule has 2 N–H and O–H groups in total. The largest absolute Gasteiger partial charge is 0.334 e. The topological polar surface area (TPSA) is 44.4 Å². The summed E-state index contributed by atoms with van der Waals surface area (Å²) in [6.07, 6.45) is 0. The quantitative estimate of drug-likeness (QED) is 0.884. The van der Waals surface area contributed by atoms with Gasteiger partial charge in [-0.05, 0) is 56.3 Å². The minimum atomic E-state index is -0.184. The summed E-state index contributed by atoms with van der Waals surface area (Å²) in [7, 11) is 4.09. The van der Waals surface area contributed by atoms with E-state index in [2.05, 4.69) is 27.7 Å². The van der Waals surface area contributed by atoms with Gasteiger partial charge in [0.15, 0.2) is 0 Å². The first-order valence-corrected chi connectivity index (χ1v) is 7.79. The van der Waals surface area contributed by atoms with Crippen molar-refractivity contribution in [3.05, 3.63) is 64.7 Å². The Morgan fingerprint density at radius 3 is 2.48 bits per heavy atom. The summed E-state index contributed by atoms with van der Waals surface area (Å²) in [6.45, 7) is 5.45. The summed E-state index contributed by atoms with van der Waals surface area (Å²) in [5, 5.41) is 5.82. The van der Waals surface area contributed by atoms with Crippen molar-refractivity contribution in [2.45, 2.75) is 26.9 Å². The summed E-state index contributed by atoms with van der Waals surface area (Å²) in [5.74, 6) is 0. The molecule has 2 aromatic carbocycles. The lowest BCUT2D eigenvalue weighted by Gasteiger charge is -2.13. The van der Waals surface area contributed by atoms with Crippen LogP contribution in [0.5, 0.6) is 0 Å². The minimum absolute atomic E-state index is 0.184. The zero-order chi connectivity index (χ0) is 16.8. The third-order valence-electron chi connectivity index (χ3n) is 3.80. The number of benzene rings is 2. The molecule has 0 radical (unpaired) electrons. The average molecular weight is 311 g/mol. The molecule has 4 heteroatoms. The van der Waals surface area contributed by atoms with Crippen LogP contribution in [0.25, 0.3) is 0 Å². The lowest BCUT2D eigenvalue weighted by molar-refractivity contribution is 0.251. The van der Waals surface area contributed by atoms with Crippen molar-refractivity contribution in [1.82, 2.24) is 10.2 Å². The molecule has 0 atom stereocenters. The Kier molecular flexibility index (Phi) is 5.77. The van der Waals surface area contributed by atoms with E-state index >= 15 is 0 Å². The third-order valence-corrected chi connectivity index (χ3v) is 3.80. The van der Waals surface area contributed by atoms with Crippen LogP contribution < -0.4 is 10.6 Å². The van der Waals surface area contributed by atoms with Gasteiger partial charge < -0.3 is 15.5 Å². The molecule has 0 saturated carbocycles. The smallest absolute Gasteiger partial charge is 0.319 e. The van der Waals surface area contributed by atoms with Gasteiger partial charge in [0.25, 0.3) is 0 Å². The first-order valence-electron chi connectivity index (χ1n) is 7.79. The van der Waals surface area contributed by atoms with Gasteiger partial charge in [0.05, 0.1) is 0 Å². The lowest BCUT2D eigenvalue weighted by atomic mass is 10.1. The van der Waals surface area contributed by atoms with Crippen molar-refractivity contribution in [3.8, 4) is 0 Å². The number of hydrogen-bond donors (Lipinski definition) is 2. The van der Waals surface area contributed by atoms with E-state index < -0.39 is 0 Å². The molecule has 2 rings (SSSR count). The number of carbonyl (C=O) groups excluding carboxylic acids is 1. The van der Waals surface area contributed by atoms with Crippen LogP contribution in [-0.4, -0.2) is 25.0 Å². The highest BCUT2D eigenvalue weighted by atomic mass is 16.2. The fourth-order valence-electron chi connectivity index (χ4n) is 2.44. The molecular weight excluding hydrogens is 286 g/mol. The molecule has 0 aliphatic carbocycles. The van der Waals surface area contributed by atoms with E-state index in [0.717, 1.165) is 23.4 Å². The molecule has 0 heterocycles. The van der Waals surface area contributed by atoms with Crippen LogP contribution in [0.3, 0.4) is 0 Å². The molecule has 0 bridgehead atoms. The molecule has 23 heavy (non-hydrogen) atoms. The van der Waals surface area contributed by atoms with Crippen LogP contribution in [0.4, 0.5) is 10.5 Å². The van der Waals surface area contributed by atoms with Crippen LogP contribution in [-0.2, 0) is 13.1 Å². The Labute approximate surface area is 138 Å². The summed E-state index contributed by atoms with van der Waals surface area (Å²) >= 11 is 0. The molecule has 0 unspecified atom stereocenters. The fraction of sp³-hybridized carbons (Fsp3) is 0.316. The van der Waals surface area contributed by atoms with Gasteiger partial charge in [0.1, 0.15) is 0 Å². The highest BCUT2D eigenvalue weighted by Gasteiger charge is 2.06. The van der Waals surface area contributed by atoms with Crippen molar-refractivity contribution >= 4 is 11.7 Å². The van der Waals surface area contributed by atoms with Gasteiger partial charge in [-0.1, -0.05) is 36.4 Å². The maximum atomic E-state index is 12.1. The number of nitrogens with zero attached hydrogens (tertiary/aromatic N) is 1. The van der Waals surface area contributed by atoms with E-state index in [9.17, 15) is 4.79 Å². The molecular formula is C19H25N3O. The van der Waals surface area contributed by atoms with Gasteiger partial charge in [-0.25, -0.2) is 4.79 Å². The molecule has 0 spiro atoms. The Balaban J connectivity index is 1.93. The second kappa shape index (κ2) is 7.79. The number of anilines is 1. The fourth-order valence-corrected chi connectivity index (χ4v) is 2.44.